The van der Waals surface area contributed by atoms with E-state index < -0.39 is 23.8 Å². The first-order valence-corrected chi connectivity index (χ1v) is 9.88. The highest BCUT2D eigenvalue weighted by Gasteiger charge is 2.51. The van der Waals surface area contributed by atoms with E-state index in [4.69, 9.17) is 10.5 Å². The van der Waals surface area contributed by atoms with Crippen LogP contribution in [0, 0.1) is 5.92 Å². The summed E-state index contributed by atoms with van der Waals surface area (Å²) in [5.41, 5.74) is 7.04. The van der Waals surface area contributed by atoms with Crippen LogP contribution in [0.3, 0.4) is 0 Å². The number of amides is 4. The van der Waals surface area contributed by atoms with Crippen molar-refractivity contribution in [2.45, 2.75) is 30.9 Å². The topological polar surface area (TPSA) is 122 Å². The lowest BCUT2D eigenvalue weighted by Gasteiger charge is -2.27. The number of rotatable bonds is 3. The van der Waals surface area contributed by atoms with Gasteiger partial charge in [-0.3, -0.25) is 29.4 Å². The van der Waals surface area contributed by atoms with Crippen molar-refractivity contribution >= 4 is 29.3 Å². The van der Waals surface area contributed by atoms with Gasteiger partial charge in [-0.2, -0.15) is 0 Å². The molecule has 0 aromatic heterocycles. The minimum absolute atomic E-state index is 0.103. The SMILES string of the molecule is NC[C@]12CN(c3ccc4c(c3)C(=O)N(C3CCC(=O)NC3=O)C4=O)C[C@H]1CCO2. The molecular weight excluding hydrogens is 376 g/mol. The normalized spacial score (nSPS) is 31.3. The molecule has 9 nitrogen and oxygen atoms in total. The van der Waals surface area contributed by atoms with E-state index in [9.17, 15) is 19.2 Å². The van der Waals surface area contributed by atoms with Gasteiger partial charge in [-0.05, 0) is 31.0 Å². The van der Waals surface area contributed by atoms with Crippen molar-refractivity contribution in [3.8, 4) is 0 Å². The number of benzene rings is 1. The molecule has 0 radical (unpaired) electrons. The van der Waals surface area contributed by atoms with Crippen LogP contribution >= 0.6 is 0 Å². The number of carbonyl (C=O) groups excluding carboxylic acids is 4. The molecule has 1 aromatic carbocycles. The molecule has 1 aromatic rings. The van der Waals surface area contributed by atoms with Crippen molar-refractivity contribution in [3.05, 3.63) is 29.3 Å². The molecule has 152 valence electrons. The molecule has 4 heterocycles. The average molecular weight is 398 g/mol. The number of fused-ring (bicyclic) bond motifs is 2. The Labute approximate surface area is 167 Å². The highest BCUT2D eigenvalue weighted by molar-refractivity contribution is 6.23. The predicted molar refractivity (Wildman–Crippen MR) is 101 cm³/mol. The van der Waals surface area contributed by atoms with Gasteiger partial charge in [0, 0.05) is 44.3 Å². The van der Waals surface area contributed by atoms with E-state index in [-0.39, 0.29) is 35.5 Å². The van der Waals surface area contributed by atoms with E-state index in [0.717, 1.165) is 23.6 Å². The van der Waals surface area contributed by atoms with Crippen LogP contribution in [0.4, 0.5) is 5.69 Å². The molecule has 0 spiro atoms. The van der Waals surface area contributed by atoms with E-state index in [1.165, 1.54) is 0 Å². The van der Waals surface area contributed by atoms with Gasteiger partial charge in [0.2, 0.25) is 11.8 Å². The minimum Gasteiger partial charge on any atom is -0.371 e. The van der Waals surface area contributed by atoms with Crippen molar-refractivity contribution in [2.24, 2.45) is 11.7 Å². The average Bonchev–Trinajstić information content (AvgIpc) is 3.33. The number of hydrogen-bond acceptors (Lipinski definition) is 7. The van der Waals surface area contributed by atoms with E-state index in [1.54, 1.807) is 12.1 Å². The summed E-state index contributed by atoms with van der Waals surface area (Å²) in [6.45, 7) is 2.59. The van der Waals surface area contributed by atoms with E-state index >= 15 is 0 Å². The first kappa shape index (κ1) is 18.3. The van der Waals surface area contributed by atoms with Gasteiger partial charge < -0.3 is 15.4 Å². The zero-order chi connectivity index (χ0) is 20.3. The molecule has 0 aliphatic carbocycles. The van der Waals surface area contributed by atoms with Crippen LogP contribution in [-0.4, -0.2) is 66.4 Å². The maximum absolute atomic E-state index is 13.0. The van der Waals surface area contributed by atoms with Crippen LogP contribution in [0.1, 0.15) is 40.0 Å². The molecule has 3 fully saturated rings. The number of nitrogens with one attached hydrogen (secondary N) is 1. The standard InChI is InChI=1S/C20H22N4O5/c21-9-20-10-23(8-11(20)5-6-29-20)12-1-2-13-14(7-12)19(28)24(18(13)27)15-3-4-16(25)22-17(15)26/h1-2,7,11,15H,3-6,8-10,21H2,(H,22,25,26)/t11-,15?,20+/m1/s1. The molecule has 0 saturated carbocycles. The summed E-state index contributed by atoms with van der Waals surface area (Å²) in [6, 6.07) is 4.22. The molecule has 4 aliphatic rings. The maximum Gasteiger partial charge on any atom is 0.262 e. The van der Waals surface area contributed by atoms with E-state index in [2.05, 4.69) is 10.2 Å². The molecule has 1 unspecified atom stereocenters. The van der Waals surface area contributed by atoms with Gasteiger partial charge in [-0.25, -0.2) is 0 Å². The van der Waals surface area contributed by atoms with Gasteiger partial charge in [0.1, 0.15) is 11.6 Å². The highest BCUT2D eigenvalue weighted by Crippen LogP contribution is 2.41. The lowest BCUT2D eigenvalue weighted by Crippen LogP contribution is -2.54. The second kappa shape index (κ2) is 6.36. The molecule has 5 rings (SSSR count). The van der Waals surface area contributed by atoms with E-state index in [1.807, 2.05) is 6.07 Å². The Bertz CT molecular complexity index is 947. The van der Waals surface area contributed by atoms with E-state index in [0.29, 0.717) is 25.6 Å². The van der Waals surface area contributed by atoms with Crippen molar-refractivity contribution < 1.29 is 23.9 Å². The third-order valence-corrected chi connectivity index (χ3v) is 6.63. The summed E-state index contributed by atoms with van der Waals surface area (Å²) in [6.07, 6.45) is 1.21. The number of ether oxygens (including phenoxy) is 1. The van der Waals surface area contributed by atoms with Crippen molar-refractivity contribution in [1.82, 2.24) is 10.2 Å². The Kier molecular flexibility index (Phi) is 4.01. The van der Waals surface area contributed by atoms with Crippen LogP contribution in [0.5, 0.6) is 0 Å². The van der Waals surface area contributed by atoms with Crippen LogP contribution in [0.25, 0.3) is 0 Å². The predicted octanol–water partition coefficient (Wildman–Crippen LogP) is -0.358. The Morgan fingerprint density at radius 1 is 1.14 bits per heavy atom. The van der Waals surface area contributed by atoms with Crippen LogP contribution in [0.2, 0.25) is 0 Å². The fraction of sp³-hybridized carbons (Fsp3) is 0.500. The Morgan fingerprint density at radius 2 is 1.93 bits per heavy atom. The second-order valence-electron chi connectivity index (χ2n) is 8.16. The van der Waals surface area contributed by atoms with Gasteiger partial charge in [-0.15, -0.1) is 0 Å². The number of carbonyl (C=O) groups is 4. The van der Waals surface area contributed by atoms with Crippen LogP contribution in [0.15, 0.2) is 18.2 Å². The molecule has 3 N–H and O–H groups in total. The van der Waals surface area contributed by atoms with Gasteiger partial charge in [0.05, 0.1) is 11.1 Å². The summed E-state index contributed by atoms with van der Waals surface area (Å²) in [7, 11) is 0. The van der Waals surface area contributed by atoms with Crippen LogP contribution in [-0.2, 0) is 14.3 Å². The zero-order valence-electron chi connectivity index (χ0n) is 15.8. The molecule has 3 atom stereocenters. The number of imide groups is 2. The molecule has 9 heteroatoms. The quantitative estimate of drug-likeness (QED) is 0.667. The lowest BCUT2D eigenvalue weighted by molar-refractivity contribution is -0.136. The summed E-state index contributed by atoms with van der Waals surface area (Å²) in [5, 5.41) is 2.21. The minimum atomic E-state index is -0.955. The third kappa shape index (κ3) is 2.61. The van der Waals surface area contributed by atoms with Crippen molar-refractivity contribution in [1.29, 1.82) is 0 Å². The fourth-order valence-corrected chi connectivity index (χ4v) is 5.01. The molecule has 4 aliphatic heterocycles. The van der Waals surface area contributed by atoms with Crippen molar-refractivity contribution in [3.63, 3.8) is 0 Å². The number of anilines is 1. The fourth-order valence-electron chi connectivity index (χ4n) is 5.01. The maximum atomic E-state index is 13.0. The highest BCUT2D eigenvalue weighted by atomic mass is 16.5. The summed E-state index contributed by atoms with van der Waals surface area (Å²) < 4.78 is 5.95. The first-order valence-electron chi connectivity index (χ1n) is 9.88. The number of hydrogen-bond donors (Lipinski definition) is 2. The van der Waals surface area contributed by atoms with Gasteiger partial charge >= 0.3 is 0 Å². The Hall–Kier alpha value is -2.78. The molecule has 0 bridgehead atoms. The number of nitrogens with zero attached hydrogens (tertiary/aromatic N) is 2. The van der Waals surface area contributed by atoms with Crippen LogP contribution < -0.4 is 16.0 Å². The molecule has 3 saturated heterocycles. The lowest BCUT2D eigenvalue weighted by atomic mass is 9.91. The number of nitrogens with two attached hydrogens (primary N) is 1. The summed E-state index contributed by atoms with van der Waals surface area (Å²) in [5.74, 6) is -1.64. The monoisotopic (exact) mass is 398 g/mol. The number of piperidine rings is 1. The molecule has 4 amide bonds. The smallest absolute Gasteiger partial charge is 0.262 e. The van der Waals surface area contributed by atoms with Gasteiger partial charge in [0.15, 0.2) is 0 Å². The first-order chi connectivity index (χ1) is 13.9. The van der Waals surface area contributed by atoms with Crippen molar-refractivity contribution in [2.75, 3.05) is 31.1 Å². The largest absolute Gasteiger partial charge is 0.371 e. The Balaban J connectivity index is 1.42. The zero-order valence-corrected chi connectivity index (χ0v) is 15.8. The molecule has 29 heavy (non-hydrogen) atoms. The summed E-state index contributed by atoms with van der Waals surface area (Å²) in [4.78, 5) is 52.5. The third-order valence-electron chi connectivity index (χ3n) is 6.63. The Morgan fingerprint density at radius 3 is 2.66 bits per heavy atom. The van der Waals surface area contributed by atoms with Gasteiger partial charge in [-0.1, -0.05) is 0 Å². The van der Waals surface area contributed by atoms with Gasteiger partial charge in [0.25, 0.3) is 11.8 Å². The molecular formula is C20H22N4O5. The second-order valence-corrected chi connectivity index (χ2v) is 8.16. The summed E-state index contributed by atoms with van der Waals surface area (Å²) >= 11 is 0.